The van der Waals surface area contributed by atoms with Gasteiger partial charge >= 0.3 is 0 Å². The summed E-state index contributed by atoms with van der Waals surface area (Å²) in [5.74, 6) is -2.50. The first-order chi connectivity index (χ1) is 9.77. The van der Waals surface area contributed by atoms with Crippen LogP contribution in [0.4, 0.5) is 14.5 Å². The van der Waals surface area contributed by atoms with Crippen LogP contribution in [0, 0.1) is 11.6 Å². The van der Waals surface area contributed by atoms with Gasteiger partial charge < -0.3 is 5.32 Å². The number of hydrogen-bond acceptors (Lipinski definition) is 3. The molecule has 4 nitrogen and oxygen atoms in total. The van der Waals surface area contributed by atoms with Crippen LogP contribution in [0.1, 0.15) is 10.4 Å². The molecule has 1 amide bonds. The van der Waals surface area contributed by atoms with Crippen molar-refractivity contribution in [1.29, 1.82) is 0 Å². The summed E-state index contributed by atoms with van der Waals surface area (Å²) in [6.07, 6.45) is 1.06. The summed E-state index contributed by atoms with van der Waals surface area (Å²) in [5, 5.41) is 2.40. The number of anilines is 1. The van der Waals surface area contributed by atoms with E-state index in [-0.39, 0.29) is 10.5 Å². The fraction of sp³-hybridized carbons (Fsp3) is 0.0714. The van der Waals surface area contributed by atoms with Crippen molar-refractivity contribution in [2.45, 2.75) is 4.90 Å². The third-order valence-corrected chi connectivity index (χ3v) is 3.84. The Hall–Kier alpha value is -2.28. The molecule has 21 heavy (non-hydrogen) atoms. The summed E-state index contributed by atoms with van der Waals surface area (Å²) in [4.78, 5) is 11.9. The van der Waals surface area contributed by atoms with E-state index in [1.165, 1.54) is 24.3 Å². The molecule has 2 rings (SSSR count). The van der Waals surface area contributed by atoms with Gasteiger partial charge in [-0.05, 0) is 36.4 Å². The highest BCUT2D eigenvalue weighted by molar-refractivity contribution is 7.90. The molecule has 0 saturated carbocycles. The van der Waals surface area contributed by atoms with Gasteiger partial charge in [-0.3, -0.25) is 4.79 Å². The number of benzene rings is 2. The van der Waals surface area contributed by atoms with Gasteiger partial charge in [-0.1, -0.05) is 0 Å². The van der Waals surface area contributed by atoms with Gasteiger partial charge in [-0.2, -0.15) is 0 Å². The minimum absolute atomic E-state index is 0.105. The third kappa shape index (κ3) is 3.63. The smallest absolute Gasteiger partial charge is 0.258 e. The Kier molecular flexibility index (Phi) is 4.04. The molecule has 0 aliphatic carbocycles. The largest absolute Gasteiger partial charge is 0.322 e. The molecule has 0 saturated heterocycles. The molecule has 2 aromatic carbocycles. The van der Waals surface area contributed by atoms with Crippen LogP contribution >= 0.6 is 0 Å². The SMILES string of the molecule is CS(=O)(=O)c1ccc(NC(=O)c2ccc(F)cc2F)cc1. The maximum Gasteiger partial charge on any atom is 0.258 e. The number of sulfone groups is 1. The van der Waals surface area contributed by atoms with Gasteiger partial charge in [0, 0.05) is 18.0 Å². The van der Waals surface area contributed by atoms with Crippen LogP contribution in [0.3, 0.4) is 0 Å². The normalized spacial score (nSPS) is 11.2. The zero-order valence-electron chi connectivity index (χ0n) is 10.9. The van der Waals surface area contributed by atoms with Crippen molar-refractivity contribution in [3.05, 3.63) is 59.7 Å². The van der Waals surface area contributed by atoms with Gasteiger partial charge in [0.1, 0.15) is 11.6 Å². The lowest BCUT2D eigenvalue weighted by atomic mass is 10.2. The van der Waals surface area contributed by atoms with Gasteiger partial charge in [-0.25, -0.2) is 17.2 Å². The molecule has 7 heteroatoms. The average molecular weight is 311 g/mol. The maximum absolute atomic E-state index is 13.4. The van der Waals surface area contributed by atoms with Gasteiger partial charge in [0.25, 0.3) is 5.91 Å². The van der Waals surface area contributed by atoms with E-state index >= 15 is 0 Å². The Labute approximate surface area is 120 Å². The second-order valence-electron chi connectivity index (χ2n) is 4.37. The molecule has 0 radical (unpaired) electrons. The Morgan fingerprint density at radius 3 is 2.19 bits per heavy atom. The van der Waals surface area contributed by atoms with Crippen molar-refractivity contribution in [1.82, 2.24) is 0 Å². The van der Waals surface area contributed by atoms with Crippen molar-refractivity contribution in [2.75, 3.05) is 11.6 Å². The fourth-order valence-electron chi connectivity index (χ4n) is 1.66. The summed E-state index contributed by atoms with van der Waals surface area (Å²) in [6.45, 7) is 0. The van der Waals surface area contributed by atoms with Crippen LogP contribution in [0.25, 0.3) is 0 Å². The quantitative estimate of drug-likeness (QED) is 0.948. The second kappa shape index (κ2) is 5.61. The van der Waals surface area contributed by atoms with E-state index in [1.807, 2.05) is 0 Å². The average Bonchev–Trinajstić information content (AvgIpc) is 2.38. The molecule has 0 fully saturated rings. The number of amides is 1. The first-order valence-electron chi connectivity index (χ1n) is 5.84. The fourth-order valence-corrected chi connectivity index (χ4v) is 2.29. The first-order valence-corrected chi connectivity index (χ1v) is 7.73. The van der Waals surface area contributed by atoms with E-state index in [0.717, 1.165) is 18.4 Å². The van der Waals surface area contributed by atoms with Crippen LogP contribution in [0.15, 0.2) is 47.4 Å². The standard InChI is InChI=1S/C14H11F2NO3S/c1-21(19,20)11-5-3-10(4-6-11)17-14(18)12-7-2-9(15)8-13(12)16/h2-8H,1H3,(H,17,18). The van der Waals surface area contributed by atoms with Crippen LogP contribution in [-0.4, -0.2) is 20.6 Å². The van der Waals surface area contributed by atoms with Crippen molar-refractivity contribution in [2.24, 2.45) is 0 Å². The number of nitrogens with one attached hydrogen (secondary N) is 1. The molecule has 0 aromatic heterocycles. The van der Waals surface area contributed by atoms with Crippen LogP contribution < -0.4 is 5.32 Å². The lowest BCUT2D eigenvalue weighted by molar-refractivity contribution is 0.102. The lowest BCUT2D eigenvalue weighted by Crippen LogP contribution is -2.14. The van der Waals surface area contributed by atoms with Crippen molar-refractivity contribution < 1.29 is 22.0 Å². The summed E-state index contributed by atoms with van der Waals surface area (Å²) < 4.78 is 48.8. The first kappa shape index (κ1) is 15.1. The van der Waals surface area contributed by atoms with Crippen LogP contribution in [0.2, 0.25) is 0 Å². The third-order valence-electron chi connectivity index (χ3n) is 2.72. The molecule has 0 unspecified atom stereocenters. The molecule has 0 heterocycles. The Morgan fingerprint density at radius 2 is 1.67 bits per heavy atom. The van der Waals surface area contributed by atoms with Crippen molar-refractivity contribution in [3.8, 4) is 0 Å². The maximum atomic E-state index is 13.4. The van der Waals surface area contributed by atoms with Gasteiger partial charge in [-0.15, -0.1) is 0 Å². The van der Waals surface area contributed by atoms with E-state index in [9.17, 15) is 22.0 Å². The Morgan fingerprint density at radius 1 is 1.05 bits per heavy atom. The van der Waals surface area contributed by atoms with Gasteiger partial charge in [0.05, 0.1) is 10.5 Å². The highest BCUT2D eigenvalue weighted by Gasteiger charge is 2.13. The molecule has 1 N–H and O–H groups in total. The molecule has 0 aliphatic rings. The van der Waals surface area contributed by atoms with E-state index in [4.69, 9.17) is 0 Å². The number of carbonyl (C=O) groups excluding carboxylic acids is 1. The molecular formula is C14H11F2NO3S. The van der Waals surface area contributed by atoms with Gasteiger partial charge in [0.15, 0.2) is 9.84 Å². The minimum atomic E-state index is -3.33. The zero-order chi connectivity index (χ0) is 15.6. The predicted molar refractivity (Wildman–Crippen MR) is 73.9 cm³/mol. The number of halogens is 2. The molecule has 0 spiro atoms. The Balaban J connectivity index is 2.20. The second-order valence-corrected chi connectivity index (χ2v) is 6.39. The van der Waals surface area contributed by atoms with E-state index in [1.54, 1.807) is 0 Å². The monoisotopic (exact) mass is 311 g/mol. The van der Waals surface area contributed by atoms with Crippen molar-refractivity contribution >= 4 is 21.4 Å². The highest BCUT2D eigenvalue weighted by Crippen LogP contribution is 2.16. The van der Waals surface area contributed by atoms with Gasteiger partial charge in [0.2, 0.25) is 0 Å². The Bertz CT molecular complexity index is 786. The molecule has 2 aromatic rings. The minimum Gasteiger partial charge on any atom is -0.322 e. The highest BCUT2D eigenvalue weighted by atomic mass is 32.2. The summed E-state index contributed by atoms with van der Waals surface area (Å²) in [6, 6.07) is 8.04. The summed E-state index contributed by atoms with van der Waals surface area (Å²) in [7, 11) is -3.33. The number of carbonyl (C=O) groups is 1. The predicted octanol–water partition coefficient (Wildman–Crippen LogP) is 2.62. The lowest BCUT2D eigenvalue weighted by Gasteiger charge is -2.07. The number of rotatable bonds is 3. The van der Waals surface area contributed by atoms with Crippen molar-refractivity contribution in [3.63, 3.8) is 0 Å². The molecule has 110 valence electrons. The molecule has 0 aliphatic heterocycles. The summed E-state index contributed by atoms with van der Waals surface area (Å²) >= 11 is 0. The van der Waals surface area contributed by atoms with E-state index in [2.05, 4.69) is 5.32 Å². The van der Waals surface area contributed by atoms with Crippen LogP contribution in [0.5, 0.6) is 0 Å². The van der Waals surface area contributed by atoms with Crippen LogP contribution in [-0.2, 0) is 9.84 Å². The molecular weight excluding hydrogens is 300 g/mol. The molecule has 0 bridgehead atoms. The zero-order valence-corrected chi connectivity index (χ0v) is 11.7. The topological polar surface area (TPSA) is 63.2 Å². The summed E-state index contributed by atoms with van der Waals surface area (Å²) in [5.41, 5.74) is -0.000264. The number of hydrogen-bond donors (Lipinski definition) is 1. The van der Waals surface area contributed by atoms with E-state index < -0.39 is 27.4 Å². The molecule has 0 atom stereocenters. The van der Waals surface area contributed by atoms with E-state index in [0.29, 0.717) is 11.8 Å².